The second-order valence-electron chi connectivity index (χ2n) is 7.13. The zero-order valence-corrected chi connectivity index (χ0v) is 17.0. The van der Waals surface area contributed by atoms with E-state index in [0.717, 1.165) is 37.5 Å². The molecule has 4 nitrogen and oxygen atoms in total. The van der Waals surface area contributed by atoms with Gasteiger partial charge < -0.3 is 9.64 Å². The quantitative estimate of drug-likeness (QED) is 0.387. The summed E-state index contributed by atoms with van der Waals surface area (Å²) < 4.78 is 5.35. The Morgan fingerprint density at radius 1 is 1.07 bits per heavy atom. The number of rotatable bonds is 8. The fourth-order valence-electron chi connectivity index (χ4n) is 3.45. The fraction of sp³-hybridized carbons (Fsp3) is 0.320. The number of terminal acetylenes is 1. The third-order valence-corrected chi connectivity index (χ3v) is 5.06. The Morgan fingerprint density at radius 3 is 2.38 bits per heavy atom. The van der Waals surface area contributed by atoms with Crippen LogP contribution >= 0.6 is 0 Å². The molecule has 0 saturated carbocycles. The van der Waals surface area contributed by atoms with E-state index < -0.39 is 0 Å². The number of hydrogen-bond acceptors (Lipinski definition) is 4. The molecule has 1 heterocycles. The molecule has 0 N–H and O–H groups in total. The predicted molar refractivity (Wildman–Crippen MR) is 120 cm³/mol. The minimum absolute atomic E-state index is 0.00280. The van der Waals surface area contributed by atoms with Crippen LogP contribution in [0.3, 0.4) is 0 Å². The van der Waals surface area contributed by atoms with Crippen molar-refractivity contribution in [3.05, 3.63) is 65.7 Å². The summed E-state index contributed by atoms with van der Waals surface area (Å²) in [4.78, 5) is 17.4. The Morgan fingerprint density at radius 2 is 1.76 bits per heavy atom. The summed E-state index contributed by atoms with van der Waals surface area (Å²) in [5, 5.41) is 0. The van der Waals surface area contributed by atoms with E-state index in [-0.39, 0.29) is 12.4 Å². The molecule has 1 aliphatic heterocycles. The van der Waals surface area contributed by atoms with Crippen LogP contribution in [-0.4, -0.2) is 50.0 Å². The van der Waals surface area contributed by atoms with Gasteiger partial charge in [-0.05, 0) is 61.0 Å². The molecule has 1 fully saturated rings. The number of carbonyl (C=O) groups is 1. The smallest absolute Gasteiger partial charge is 0.185 e. The molecule has 4 heteroatoms. The minimum atomic E-state index is -0.00280. The van der Waals surface area contributed by atoms with E-state index >= 15 is 0 Å². The molecule has 2 aromatic rings. The lowest BCUT2D eigenvalue weighted by atomic mass is 10.1. The predicted octanol–water partition coefficient (Wildman–Crippen LogP) is 4.13. The van der Waals surface area contributed by atoms with Crippen molar-refractivity contribution in [2.24, 2.45) is 0 Å². The largest absolute Gasteiger partial charge is 0.481 e. The number of allylic oxidation sites excluding steroid dienone is 1. The highest BCUT2D eigenvalue weighted by molar-refractivity contribution is 6.07. The molecule has 0 atom stereocenters. The summed E-state index contributed by atoms with van der Waals surface area (Å²) >= 11 is 0. The monoisotopic (exact) mass is 388 g/mol. The normalized spacial score (nSPS) is 14.7. The van der Waals surface area contributed by atoms with Crippen molar-refractivity contribution >= 4 is 17.5 Å². The first-order valence-corrected chi connectivity index (χ1v) is 10.2. The molecule has 2 aromatic carbocycles. The summed E-state index contributed by atoms with van der Waals surface area (Å²) in [6.45, 7) is 7.92. The average molecular weight is 389 g/mol. The highest BCUT2D eigenvalue weighted by atomic mass is 16.5. The van der Waals surface area contributed by atoms with Gasteiger partial charge in [-0.1, -0.05) is 31.1 Å². The SMILES string of the molecule is C#CCOc1ccc(/C=C/C(=O)c2ccc(N3CCN(CCC)CC3)cc2)cc1. The number of ketones is 1. The van der Waals surface area contributed by atoms with E-state index in [0.29, 0.717) is 5.56 Å². The summed E-state index contributed by atoms with van der Waals surface area (Å²) in [5.41, 5.74) is 2.82. The summed E-state index contributed by atoms with van der Waals surface area (Å²) in [7, 11) is 0. The topological polar surface area (TPSA) is 32.8 Å². The van der Waals surface area contributed by atoms with Crippen LogP contribution in [0.4, 0.5) is 5.69 Å². The molecule has 0 bridgehead atoms. The zero-order chi connectivity index (χ0) is 20.5. The van der Waals surface area contributed by atoms with Crippen LogP contribution in [0.5, 0.6) is 5.75 Å². The Bertz CT molecular complexity index is 855. The summed E-state index contributed by atoms with van der Waals surface area (Å²) in [5.74, 6) is 3.15. The van der Waals surface area contributed by atoms with E-state index in [2.05, 4.69) is 22.6 Å². The molecule has 0 aliphatic carbocycles. The lowest BCUT2D eigenvalue weighted by molar-refractivity contribution is 0.104. The Hall–Kier alpha value is -3.03. The van der Waals surface area contributed by atoms with Crippen molar-refractivity contribution in [1.29, 1.82) is 0 Å². The molecule has 0 aromatic heterocycles. The summed E-state index contributed by atoms with van der Waals surface area (Å²) in [6.07, 6.45) is 9.81. The first kappa shape index (κ1) is 20.7. The van der Waals surface area contributed by atoms with Gasteiger partial charge in [0.05, 0.1) is 0 Å². The number of benzene rings is 2. The lowest BCUT2D eigenvalue weighted by Crippen LogP contribution is -2.46. The van der Waals surface area contributed by atoms with Crippen LogP contribution in [0, 0.1) is 12.3 Å². The molecule has 1 saturated heterocycles. The first-order valence-electron chi connectivity index (χ1n) is 10.2. The van der Waals surface area contributed by atoms with Crippen LogP contribution < -0.4 is 9.64 Å². The second kappa shape index (κ2) is 10.5. The van der Waals surface area contributed by atoms with Crippen molar-refractivity contribution in [2.75, 3.05) is 44.2 Å². The molecule has 29 heavy (non-hydrogen) atoms. The third-order valence-electron chi connectivity index (χ3n) is 5.06. The van der Waals surface area contributed by atoms with Crippen molar-refractivity contribution in [3.63, 3.8) is 0 Å². The van der Waals surface area contributed by atoms with E-state index in [1.54, 1.807) is 6.08 Å². The molecule has 1 aliphatic rings. The minimum Gasteiger partial charge on any atom is -0.481 e. The van der Waals surface area contributed by atoms with Gasteiger partial charge in [-0.15, -0.1) is 6.42 Å². The number of nitrogens with zero attached hydrogens (tertiary/aromatic N) is 2. The van der Waals surface area contributed by atoms with Crippen molar-refractivity contribution in [3.8, 4) is 18.1 Å². The van der Waals surface area contributed by atoms with Crippen LogP contribution in [0.1, 0.15) is 29.3 Å². The zero-order valence-electron chi connectivity index (χ0n) is 17.0. The van der Waals surface area contributed by atoms with Gasteiger partial charge in [0.1, 0.15) is 12.4 Å². The van der Waals surface area contributed by atoms with Gasteiger partial charge in [0, 0.05) is 37.4 Å². The third kappa shape index (κ3) is 5.97. The van der Waals surface area contributed by atoms with Gasteiger partial charge in [0.2, 0.25) is 0 Å². The van der Waals surface area contributed by atoms with Crippen molar-refractivity contribution < 1.29 is 9.53 Å². The van der Waals surface area contributed by atoms with E-state index in [1.165, 1.54) is 18.7 Å². The molecule has 3 rings (SSSR count). The molecule has 0 amide bonds. The van der Waals surface area contributed by atoms with E-state index in [9.17, 15) is 4.79 Å². The Labute approximate surface area is 173 Å². The number of piperazine rings is 1. The van der Waals surface area contributed by atoms with Gasteiger partial charge in [-0.3, -0.25) is 9.69 Å². The van der Waals surface area contributed by atoms with Gasteiger partial charge in [0.25, 0.3) is 0 Å². The Balaban J connectivity index is 1.55. The number of ether oxygens (including phenoxy) is 1. The van der Waals surface area contributed by atoms with Gasteiger partial charge >= 0.3 is 0 Å². The molecule has 150 valence electrons. The lowest BCUT2D eigenvalue weighted by Gasteiger charge is -2.36. The van der Waals surface area contributed by atoms with Crippen LogP contribution in [-0.2, 0) is 0 Å². The molecule has 0 radical (unpaired) electrons. The Kier molecular flexibility index (Phi) is 7.49. The first-order chi connectivity index (χ1) is 14.2. The van der Waals surface area contributed by atoms with Gasteiger partial charge in [0.15, 0.2) is 5.78 Å². The maximum absolute atomic E-state index is 12.5. The fourth-order valence-corrected chi connectivity index (χ4v) is 3.45. The number of anilines is 1. The maximum Gasteiger partial charge on any atom is 0.185 e. The second-order valence-corrected chi connectivity index (χ2v) is 7.13. The highest BCUT2D eigenvalue weighted by Gasteiger charge is 2.16. The molecular formula is C25H28N2O2. The summed E-state index contributed by atoms with van der Waals surface area (Å²) in [6, 6.07) is 15.4. The van der Waals surface area contributed by atoms with Crippen molar-refractivity contribution in [1.82, 2.24) is 4.90 Å². The number of carbonyl (C=O) groups excluding carboxylic acids is 1. The van der Waals surface area contributed by atoms with E-state index in [1.807, 2.05) is 54.6 Å². The molecule has 0 spiro atoms. The average Bonchev–Trinajstić information content (AvgIpc) is 2.77. The molecular weight excluding hydrogens is 360 g/mol. The van der Waals surface area contributed by atoms with Gasteiger partial charge in [-0.2, -0.15) is 0 Å². The van der Waals surface area contributed by atoms with Crippen LogP contribution in [0.2, 0.25) is 0 Å². The highest BCUT2D eigenvalue weighted by Crippen LogP contribution is 2.18. The van der Waals surface area contributed by atoms with Crippen LogP contribution in [0.15, 0.2) is 54.6 Å². The standard InChI is InChI=1S/C25H28N2O2/c1-3-15-26-16-18-27(19-17-26)23-10-8-22(9-11-23)25(28)14-7-21-5-12-24(13-6-21)29-20-4-2/h2,5-14H,3,15-20H2,1H3/b14-7+. The van der Waals surface area contributed by atoms with E-state index in [4.69, 9.17) is 11.2 Å². The molecule has 0 unspecified atom stereocenters. The maximum atomic E-state index is 12.5. The van der Waals surface area contributed by atoms with Crippen LogP contribution in [0.25, 0.3) is 6.08 Å². The number of hydrogen-bond donors (Lipinski definition) is 0. The van der Waals surface area contributed by atoms with Crippen molar-refractivity contribution in [2.45, 2.75) is 13.3 Å². The van der Waals surface area contributed by atoms with Gasteiger partial charge in [-0.25, -0.2) is 0 Å².